The van der Waals surface area contributed by atoms with E-state index in [0.717, 1.165) is 11.1 Å². The summed E-state index contributed by atoms with van der Waals surface area (Å²) in [6, 6.07) is 19.9. The second-order valence-electron chi connectivity index (χ2n) is 9.63. The molecule has 0 bridgehead atoms. The molecule has 0 spiro atoms. The van der Waals surface area contributed by atoms with E-state index < -0.39 is 77.6 Å². The molecule has 4 heteroatoms. The molecule has 0 aliphatic heterocycles. The van der Waals surface area contributed by atoms with Crippen molar-refractivity contribution in [2.24, 2.45) is 0 Å². The van der Waals surface area contributed by atoms with Gasteiger partial charge in [0, 0.05) is 27.5 Å². The van der Waals surface area contributed by atoms with E-state index in [1.54, 1.807) is 0 Å². The van der Waals surface area contributed by atoms with E-state index in [1.807, 2.05) is 84.9 Å². The largest absolute Gasteiger partial charge is 0.456 e. The minimum Gasteiger partial charge on any atom is -0.456 e. The van der Waals surface area contributed by atoms with Gasteiger partial charge in [0.15, 0.2) is 17.5 Å². The summed E-state index contributed by atoms with van der Waals surface area (Å²) in [6.45, 7) is 0. The van der Waals surface area contributed by atoms with Crippen molar-refractivity contribution >= 4 is 21.9 Å². The molecule has 0 atom stereocenters. The third-order valence-corrected chi connectivity index (χ3v) is 6.88. The molecule has 0 radical (unpaired) electrons. The van der Waals surface area contributed by atoms with Gasteiger partial charge in [-0.3, -0.25) is 0 Å². The number of rotatable bonds is 5. The van der Waals surface area contributed by atoms with E-state index in [1.165, 1.54) is 0 Å². The van der Waals surface area contributed by atoms with Gasteiger partial charge in [0.2, 0.25) is 0 Å². The van der Waals surface area contributed by atoms with Crippen molar-refractivity contribution < 1.29 is 19.5 Å². The van der Waals surface area contributed by atoms with Crippen molar-refractivity contribution in [1.29, 1.82) is 0 Å². The third-order valence-electron chi connectivity index (χ3n) is 6.88. The minimum absolute atomic E-state index is 0.0898. The normalized spacial score (nSPS) is 14.8. The summed E-state index contributed by atoms with van der Waals surface area (Å²) in [5.74, 6) is 0.406. The molecular formula is C39H25N3O. The van der Waals surface area contributed by atoms with Crippen molar-refractivity contribution in [2.75, 3.05) is 0 Å². The van der Waals surface area contributed by atoms with Crippen LogP contribution >= 0.6 is 0 Å². The summed E-state index contributed by atoms with van der Waals surface area (Å²) in [4.78, 5) is 14.1. The first-order valence-electron chi connectivity index (χ1n) is 18.9. The van der Waals surface area contributed by atoms with E-state index in [4.69, 9.17) is 26.7 Å². The molecule has 0 N–H and O–H groups in total. The lowest BCUT2D eigenvalue weighted by Gasteiger charge is -2.09. The van der Waals surface area contributed by atoms with Crippen LogP contribution in [0.5, 0.6) is 0 Å². The Balaban J connectivity index is 1.40. The molecule has 0 aliphatic carbocycles. The maximum Gasteiger partial charge on any atom is 0.164 e. The van der Waals surface area contributed by atoms with Crippen molar-refractivity contribution in [3.8, 4) is 56.4 Å². The minimum atomic E-state index is -0.681. The van der Waals surface area contributed by atoms with E-state index in [-0.39, 0.29) is 45.0 Å². The van der Waals surface area contributed by atoms with Gasteiger partial charge in [0.25, 0.3) is 0 Å². The Labute approximate surface area is 264 Å². The highest BCUT2D eigenvalue weighted by atomic mass is 16.3. The molecule has 0 amide bonds. The first kappa shape index (κ1) is 15.9. The summed E-state index contributed by atoms with van der Waals surface area (Å²) in [5.41, 5.74) is 1.50. The number of hydrogen-bond donors (Lipinski definition) is 0. The van der Waals surface area contributed by atoms with Gasteiger partial charge >= 0.3 is 0 Å². The molecule has 43 heavy (non-hydrogen) atoms. The summed E-state index contributed by atoms with van der Waals surface area (Å²) < 4.78 is 102. The number of benzene rings is 6. The Morgan fingerprint density at radius 2 is 1.05 bits per heavy atom. The average Bonchev–Trinajstić information content (AvgIpc) is 3.61. The Kier molecular flexibility index (Phi) is 3.90. The van der Waals surface area contributed by atoms with Gasteiger partial charge in [-0.2, -0.15) is 0 Å². The molecule has 2 heterocycles. The maximum absolute atomic E-state index is 9.31. The first-order chi connectivity index (χ1) is 25.9. The van der Waals surface area contributed by atoms with Crippen LogP contribution in [0.4, 0.5) is 0 Å². The third kappa shape index (κ3) is 4.75. The molecule has 0 saturated carbocycles. The van der Waals surface area contributed by atoms with Gasteiger partial charge in [0.05, 0.1) is 15.1 Å². The highest BCUT2D eigenvalue weighted by Gasteiger charge is 2.15. The zero-order valence-electron chi connectivity index (χ0n) is 33.3. The second kappa shape index (κ2) is 10.5. The number of hydrogen-bond acceptors (Lipinski definition) is 4. The van der Waals surface area contributed by atoms with Gasteiger partial charge < -0.3 is 4.42 Å². The summed E-state index contributed by atoms with van der Waals surface area (Å²) in [7, 11) is 0. The lowest BCUT2D eigenvalue weighted by atomic mass is 10.0. The Bertz CT molecular complexity index is 2820. The van der Waals surface area contributed by atoms with Crippen molar-refractivity contribution in [3.63, 3.8) is 0 Å². The van der Waals surface area contributed by atoms with Crippen LogP contribution in [0, 0.1) is 0 Å². The van der Waals surface area contributed by atoms with Crippen LogP contribution in [0.1, 0.15) is 15.1 Å². The Hall–Kier alpha value is -5.87. The van der Waals surface area contributed by atoms with Crippen molar-refractivity contribution in [2.45, 2.75) is 0 Å². The van der Waals surface area contributed by atoms with E-state index in [2.05, 4.69) is 4.98 Å². The van der Waals surface area contributed by atoms with Crippen LogP contribution in [-0.4, -0.2) is 15.0 Å². The van der Waals surface area contributed by atoms with E-state index in [9.17, 15) is 2.74 Å². The molecule has 202 valence electrons. The molecule has 4 nitrogen and oxygen atoms in total. The van der Waals surface area contributed by atoms with Gasteiger partial charge in [-0.1, -0.05) is 121 Å². The summed E-state index contributed by atoms with van der Waals surface area (Å²) in [6.07, 6.45) is 0. The number of aromatic nitrogens is 3. The SMILES string of the molecule is [2H]c1c([2H])c([2H])c(-c2c([2H])c([2H])c3oc4c([2H])c(-c5nc(-c6ccccc6)nc(-c6cccc(-c7ccccc7)c6)n5)c([2H])c([2H])c4c3c2[2H])c([2H])c1[2H]. The summed E-state index contributed by atoms with van der Waals surface area (Å²) in [5, 5.41) is -0.380. The standard InChI is InChI=1S/C39H25N3O/c1-4-11-26(12-5-1)29-17-10-18-31(23-29)38-40-37(28-15-8-3-9-16-28)41-39(42-38)32-19-21-33-34-24-30(27-13-6-2-7-14-27)20-22-35(34)43-36(33)25-32/h1-25H/i2D,6D,7D,13D,14D,19D,20D,21D,22D,24D,25D. The molecule has 2 aromatic heterocycles. The number of furan rings is 1. The van der Waals surface area contributed by atoms with Crippen molar-refractivity contribution in [3.05, 3.63) is 151 Å². The predicted molar refractivity (Wildman–Crippen MR) is 174 cm³/mol. The van der Waals surface area contributed by atoms with Crippen LogP contribution in [0.3, 0.4) is 0 Å². The lowest BCUT2D eigenvalue weighted by molar-refractivity contribution is 0.669. The van der Waals surface area contributed by atoms with Crippen LogP contribution in [-0.2, 0) is 0 Å². The predicted octanol–water partition coefficient (Wildman–Crippen LogP) is 10.1. The first-order valence-corrected chi connectivity index (χ1v) is 13.4. The molecule has 8 aromatic rings. The van der Waals surface area contributed by atoms with Gasteiger partial charge in [-0.05, 0) is 52.5 Å². The summed E-state index contributed by atoms with van der Waals surface area (Å²) >= 11 is 0. The Morgan fingerprint density at radius 1 is 0.419 bits per heavy atom. The van der Waals surface area contributed by atoms with Crippen molar-refractivity contribution in [1.82, 2.24) is 15.0 Å². The maximum atomic E-state index is 9.31. The highest BCUT2D eigenvalue weighted by molar-refractivity contribution is 6.07. The lowest BCUT2D eigenvalue weighted by Crippen LogP contribution is -2.00. The van der Waals surface area contributed by atoms with Crippen LogP contribution in [0.25, 0.3) is 78.4 Å². The molecule has 8 rings (SSSR count). The molecular weight excluding hydrogens is 526 g/mol. The fraction of sp³-hybridized carbons (Fsp3) is 0. The van der Waals surface area contributed by atoms with Crippen LogP contribution in [0.2, 0.25) is 0 Å². The molecule has 0 fully saturated rings. The van der Waals surface area contributed by atoms with Gasteiger partial charge in [0.1, 0.15) is 11.2 Å². The number of fused-ring (bicyclic) bond motifs is 3. The highest BCUT2D eigenvalue weighted by Crippen LogP contribution is 2.35. The van der Waals surface area contributed by atoms with Crippen LogP contribution < -0.4 is 0 Å². The zero-order chi connectivity index (χ0) is 38.2. The average molecular weight is 563 g/mol. The molecule has 0 aliphatic rings. The fourth-order valence-electron chi connectivity index (χ4n) is 4.80. The molecule has 0 unspecified atom stereocenters. The van der Waals surface area contributed by atoms with E-state index in [0.29, 0.717) is 11.1 Å². The van der Waals surface area contributed by atoms with Gasteiger partial charge in [-0.25, -0.2) is 15.0 Å². The molecule has 6 aromatic carbocycles. The van der Waals surface area contributed by atoms with E-state index >= 15 is 0 Å². The molecule has 0 saturated heterocycles. The monoisotopic (exact) mass is 562 g/mol. The Morgan fingerprint density at radius 3 is 1.81 bits per heavy atom. The smallest absolute Gasteiger partial charge is 0.164 e. The van der Waals surface area contributed by atoms with Crippen LogP contribution in [0.15, 0.2) is 156 Å². The van der Waals surface area contributed by atoms with Gasteiger partial charge in [-0.15, -0.1) is 0 Å². The topological polar surface area (TPSA) is 51.8 Å². The fourth-order valence-corrected chi connectivity index (χ4v) is 4.80. The zero-order valence-corrected chi connectivity index (χ0v) is 22.3. The quantitative estimate of drug-likeness (QED) is 0.209. The number of nitrogens with zero attached hydrogens (tertiary/aromatic N) is 3. The second-order valence-corrected chi connectivity index (χ2v) is 9.63.